The molecule has 3 aromatic rings. The van der Waals surface area contributed by atoms with E-state index in [2.05, 4.69) is 51.3 Å². The molecule has 69 heavy (non-hydrogen) atoms. The quantitative estimate of drug-likeness (QED) is 0.0383. The first-order valence-corrected chi connectivity index (χ1v) is 27.7. The van der Waals surface area contributed by atoms with E-state index in [0.29, 0.717) is 33.9 Å². The van der Waals surface area contributed by atoms with Gasteiger partial charge in [0.15, 0.2) is 5.54 Å². The minimum atomic E-state index is -4.56. The number of carboxylic acid groups (broad SMARTS) is 2. The lowest BCUT2D eigenvalue weighted by atomic mass is 9.83. The molecule has 0 aliphatic carbocycles. The van der Waals surface area contributed by atoms with Crippen LogP contribution in [0.5, 0.6) is 11.5 Å². The van der Waals surface area contributed by atoms with E-state index in [1.807, 2.05) is 37.2 Å². The molecule has 0 amide bonds. The molecular weight excluding hydrogens is 1010 g/mol. The first-order valence-electron chi connectivity index (χ1n) is 22.4. The number of aromatic carboxylic acids is 1. The zero-order valence-electron chi connectivity index (χ0n) is 41.1. The average molecular weight is 1080 g/mol. The van der Waals surface area contributed by atoms with Crippen LogP contribution in [-0.2, 0) is 25.0 Å². The molecule has 0 bridgehead atoms. The number of halogens is 3. The summed E-state index contributed by atoms with van der Waals surface area (Å²) in [6, 6.07) is 6.44. The number of nitrogens with zero attached hydrogens (tertiary/aromatic N) is 4. The van der Waals surface area contributed by atoms with E-state index in [1.165, 1.54) is 39.3 Å². The second-order valence-corrected chi connectivity index (χ2v) is 22.7. The highest BCUT2D eigenvalue weighted by Crippen LogP contribution is 2.51. The molecule has 21 heteroatoms. The summed E-state index contributed by atoms with van der Waals surface area (Å²) in [7, 11) is -5.54. The standard InChI is InChI=1S/C36H33Cl3N2O11S3.2C6H15N/c1-35(2)11-16(14-54(46,47)48)18-7-20-24(9-22(18)40(35)5)52-25-10-23-19(17(15-55(49,50)51)12-36(3,4)41(23)6)8-21(25)27(20)28-29(34(44)45)30(37)32(39)33(31(28)38)53-13-26(42)43;2*1-4-7(5-2)6-3/h7-12H,13-15H2,1-6H3,(H3-,42,43,44,45,46,47,48,49,50,51);2*4-6H2,1-3H3/p+1. The highest BCUT2D eigenvalue weighted by molar-refractivity contribution is 8.00. The van der Waals surface area contributed by atoms with Crippen LogP contribution in [0.1, 0.15) is 102 Å². The van der Waals surface area contributed by atoms with Crippen molar-refractivity contribution in [3.63, 3.8) is 0 Å². The number of hydrogen-bond donors (Lipinski definition) is 4. The Kier molecular flexibility index (Phi) is 19.1. The van der Waals surface area contributed by atoms with Crippen LogP contribution < -0.4 is 24.8 Å². The van der Waals surface area contributed by atoms with Crippen LogP contribution in [0.25, 0.3) is 16.7 Å². The van der Waals surface area contributed by atoms with Gasteiger partial charge in [-0.25, -0.2) is 9.37 Å². The number of aliphatic carboxylic acids is 1. The Bertz CT molecular complexity index is 2910. The summed E-state index contributed by atoms with van der Waals surface area (Å²) in [5, 5.41) is 19.9. The van der Waals surface area contributed by atoms with Crippen LogP contribution in [-0.4, -0.2) is 140 Å². The minimum absolute atomic E-state index is 0.0318. The molecule has 0 spiro atoms. The number of ether oxygens (including phenoxy) is 1. The average Bonchev–Trinajstić information content (AvgIpc) is 3.24. The van der Waals surface area contributed by atoms with E-state index >= 15 is 0 Å². The predicted molar refractivity (Wildman–Crippen MR) is 280 cm³/mol. The number of rotatable bonds is 15. The van der Waals surface area contributed by atoms with Gasteiger partial charge in [-0.3, -0.25) is 13.9 Å². The topological polar surface area (TPSA) is 205 Å². The van der Waals surface area contributed by atoms with Gasteiger partial charge in [-0.15, -0.1) is 11.8 Å². The molecule has 3 aliphatic rings. The van der Waals surface area contributed by atoms with Crippen molar-refractivity contribution in [2.45, 2.75) is 85.2 Å². The van der Waals surface area contributed by atoms with Crippen molar-refractivity contribution < 1.29 is 50.5 Å². The van der Waals surface area contributed by atoms with E-state index in [-0.39, 0.29) is 59.5 Å². The smallest absolute Gasteiger partial charge is 0.337 e. The SMILES string of the molecule is CCN(CC)CC.CCN(CC)CC.CN1c2cc3c(cc2C(CS(=O)(=O)O)=CC1(C)C)C(c1c(Cl)c(SCC(=O)O)c(Cl)c(Cl)c1C(=O)O)=c1cc2c(cc1O3)=[N+](C)C(C)(C)C=C2CS(=O)(=O)O. The number of thioether (sulfide) groups is 1. The van der Waals surface area contributed by atoms with Crippen molar-refractivity contribution in [3.8, 4) is 11.5 Å². The van der Waals surface area contributed by atoms with Gasteiger partial charge >= 0.3 is 11.9 Å². The Morgan fingerprint density at radius 1 is 0.725 bits per heavy atom. The maximum Gasteiger partial charge on any atom is 0.337 e. The van der Waals surface area contributed by atoms with Crippen molar-refractivity contribution in [3.05, 3.63) is 89.9 Å². The third-order valence-electron chi connectivity index (χ3n) is 12.6. The van der Waals surface area contributed by atoms with Gasteiger partial charge in [-0.05, 0) is 82.5 Å². The summed E-state index contributed by atoms with van der Waals surface area (Å²) in [4.78, 5) is 31.4. The molecule has 0 saturated carbocycles. The Morgan fingerprint density at radius 2 is 1.23 bits per heavy atom. The van der Waals surface area contributed by atoms with Gasteiger partial charge in [0.2, 0.25) is 5.36 Å². The van der Waals surface area contributed by atoms with Gasteiger partial charge in [0.1, 0.15) is 30.1 Å². The molecule has 380 valence electrons. The van der Waals surface area contributed by atoms with Crippen LogP contribution in [0, 0.1) is 0 Å². The molecule has 3 heterocycles. The third-order valence-corrected chi connectivity index (χ3v) is 16.5. The van der Waals surface area contributed by atoms with Gasteiger partial charge in [-0.1, -0.05) is 82.4 Å². The fourth-order valence-electron chi connectivity index (χ4n) is 8.43. The second kappa shape index (κ2) is 22.8. The zero-order chi connectivity index (χ0) is 52.3. The molecule has 6 rings (SSSR count). The van der Waals surface area contributed by atoms with E-state index < -0.39 is 71.1 Å². The molecule has 0 saturated heterocycles. The van der Waals surface area contributed by atoms with Gasteiger partial charge in [0, 0.05) is 65.0 Å². The number of benzene rings is 3. The van der Waals surface area contributed by atoms with Crippen LogP contribution >= 0.6 is 46.6 Å². The lowest BCUT2D eigenvalue weighted by Crippen LogP contribution is -2.47. The van der Waals surface area contributed by atoms with Gasteiger partial charge in [-0.2, -0.15) is 16.8 Å². The molecule has 0 fully saturated rings. The Balaban J connectivity index is 0.000000645. The zero-order valence-corrected chi connectivity index (χ0v) is 45.8. The van der Waals surface area contributed by atoms with Crippen molar-refractivity contribution in [2.75, 3.05) is 75.5 Å². The Morgan fingerprint density at radius 3 is 1.68 bits per heavy atom. The van der Waals surface area contributed by atoms with Crippen molar-refractivity contribution in [2.24, 2.45) is 0 Å². The normalized spacial score (nSPS) is 15.6. The lowest BCUT2D eigenvalue weighted by Gasteiger charge is -2.41. The molecular formula is C48H64Cl3N4O11S3+. The second-order valence-electron chi connectivity index (χ2n) is 17.7. The monoisotopic (exact) mass is 1070 g/mol. The molecule has 0 unspecified atom stereocenters. The first kappa shape index (κ1) is 57.9. The van der Waals surface area contributed by atoms with Crippen molar-refractivity contribution >= 4 is 101 Å². The fraction of sp³-hybridized carbons (Fsp3) is 0.479. The minimum Gasteiger partial charge on any atom is -0.481 e. The Labute approximate surface area is 425 Å². The van der Waals surface area contributed by atoms with Crippen LogP contribution in [0.2, 0.25) is 15.1 Å². The maximum absolute atomic E-state index is 13.1. The molecule has 0 aromatic heterocycles. The first-order chi connectivity index (χ1) is 31.9. The summed E-state index contributed by atoms with van der Waals surface area (Å²) in [6.07, 6.45) is 3.37. The maximum atomic E-state index is 13.1. The van der Waals surface area contributed by atoms with Crippen LogP contribution in [0.3, 0.4) is 0 Å². The number of carbonyl (C=O) groups is 2. The highest BCUT2D eigenvalue weighted by Gasteiger charge is 2.39. The summed E-state index contributed by atoms with van der Waals surface area (Å²) in [5.41, 5.74) is -0.248. The summed E-state index contributed by atoms with van der Waals surface area (Å²) in [6.45, 7) is 27.6. The Hall–Kier alpha value is -3.69. The van der Waals surface area contributed by atoms with Gasteiger partial charge < -0.3 is 29.6 Å². The molecule has 4 N–H and O–H groups in total. The number of anilines is 1. The largest absolute Gasteiger partial charge is 0.481 e. The predicted octanol–water partition coefficient (Wildman–Crippen LogP) is 8.25. The fourth-order valence-corrected chi connectivity index (χ4v) is 11.6. The molecule has 15 nitrogen and oxygen atoms in total. The highest BCUT2D eigenvalue weighted by atomic mass is 35.5. The van der Waals surface area contributed by atoms with Gasteiger partial charge in [0.25, 0.3) is 20.2 Å². The van der Waals surface area contributed by atoms with Gasteiger partial charge in [0.05, 0.1) is 43.6 Å². The number of fused-ring (bicyclic) bond motifs is 4. The molecule has 0 radical (unpaired) electrons. The van der Waals surface area contributed by atoms with Crippen LogP contribution in [0.15, 0.2) is 41.3 Å². The lowest BCUT2D eigenvalue weighted by molar-refractivity contribution is -0.133. The summed E-state index contributed by atoms with van der Waals surface area (Å²) >= 11 is 21.0. The summed E-state index contributed by atoms with van der Waals surface area (Å²) < 4.78 is 77.7. The third kappa shape index (κ3) is 13.2. The number of hydrogen-bond acceptors (Lipinski definition) is 11. The molecule has 3 aliphatic heterocycles. The number of carboxylic acids is 2. The van der Waals surface area contributed by atoms with Crippen molar-refractivity contribution in [1.82, 2.24) is 14.4 Å². The van der Waals surface area contributed by atoms with E-state index in [4.69, 9.17) is 39.5 Å². The number of likely N-dealkylation sites (N-methyl/N-ethyl adjacent to an activating group) is 2. The molecule has 0 atom stereocenters. The van der Waals surface area contributed by atoms with E-state index in [0.717, 1.165) is 0 Å². The molecule has 3 aromatic carbocycles. The van der Waals surface area contributed by atoms with E-state index in [1.54, 1.807) is 50.5 Å². The van der Waals surface area contributed by atoms with Crippen LogP contribution in [0.4, 0.5) is 5.69 Å². The summed E-state index contributed by atoms with van der Waals surface area (Å²) in [5.74, 6) is -4.44. The van der Waals surface area contributed by atoms with E-state index in [9.17, 15) is 45.7 Å². The van der Waals surface area contributed by atoms with Crippen molar-refractivity contribution in [1.29, 1.82) is 0 Å².